The lowest BCUT2D eigenvalue weighted by Crippen LogP contribution is -2.43. The Morgan fingerprint density at radius 3 is 2.53 bits per heavy atom. The number of hydrogen-bond donors (Lipinski definition) is 1. The lowest BCUT2D eigenvalue weighted by Gasteiger charge is -2.38. The molecule has 0 radical (unpaired) electrons. The van der Waals surface area contributed by atoms with Crippen LogP contribution in [-0.4, -0.2) is 38.0 Å². The second kappa shape index (κ2) is 11.4. The summed E-state index contributed by atoms with van der Waals surface area (Å²) in [7, 11) is 1.29. The number of carbonyl (C=O) groups excluding carboxylic acids is 3. The van der Waals surface area contributed by atoms with Gasteiger partial charge in [-0.2, -0.15) is 0 Å². The van der Waals surface area contributed by atoms with Crippen molar-refractivity contribution in [3.8, 4) is 5.75 Å². The maximum Gasteiger partial charge on any atom is 0.336 e. The first kappa shape index (κ1) is 25.5. The number of ether oxygens (including phenoxy) is 3. The molecule has 1 N–H and O–H groups in total. The zero-order valence-corrected chi connectivity index (χ0v) is 20.7. The van der Waals surface area contributed by atoms with Crippen LogP contribution < -0.4 is 10.1 Å². The smallest absolute Gasteiger partial charge is 0.336 e. The van der Waals surface area contributed by atoms with Gasteiger partial charge in [0.25, 0.3) is 0 Å². The van der Waals surface area contributed by atoms with Crippen LogP contribution in [0, 0.1) is 11.8 Å². The zero-order valence-electron chi connectivity index (χ0n) is 20.7. The minimum absolute atomic E-state index is 0.232. The first-order valence-corrected chi connectivity index (χ1v) is 12.1. The summed E-state index contributed by atoms with van der Waals surface area (Å²) in [4.78, 5) is 39.6. The number of rotatable bonds is 9. The highest BCUT2D eigenvalue weighted by atomic mass is 16.5. The van der Waals surface area contributed by atoms with E-state index in [4.69, 9.17) is 14.2 Å². The number of para-hydroxylation sites is 1. The van der Waals surface area contributed by atoms with E-state index in [9.17, 15) is 14.4 Å². The molecule has 7 nitrogen and oxygen atoms in total. The van der Waals surface area contributed by atoms with Gasteiger partial charge in [0.15, 0.2) is 5.78 Å². The molecular weight excluding hydrogens is 434 g/mol. The van der Waals surface area contributed by atoms with Gasteiger partial charge in [0, 0.05) is 22.5 Å². The van der Waals surface area contributed by atoms with Crippen molar-refractivity contribution in [1.82, 2.24) is 5.32 Å². The van der Waals surface area contributed by atoms with Crippen LogP contribution in [0.25, 0.3) is 0 Å². The molecule has 3 rings (SSSR count). The van der Waals surface area contributed by atoms with E-state index in [0.29, 0.717) is 47.6 Å². The Bertz CT molecular complexity index is 1010. The van der Waals surface area contributed by atoms with Gasteiger partial charge < -0.3 is 19.5 Å². The molecule has 1 aromatic rings. The molecule has 0 amide bonds. The molecule has 1 aliphatic heterocycles. The third-order valence-electron chi connectivity index (χ3n) is 6.39. The number of esters is 2. The zero-order chi connectivity index (χ0) is 24.8. The number of ketones is 1. The molecule has 0 fully saturated rings. The third-order valence-corrected chi connectivity index (χ3v) is 6.39. The molecule has 1 heterocycles. The number of unbranched alkanes of at least 4 members (excludes halogenated alkanes) is 1. The highest BCUT2D eigenvalue weighted by molar-refractivity contribution is 6.12. The second-order valence-electron chi connectivity index (χ2n) is 8.91. The Kier molecular flexibility index (Phi) is 8.53. The van der Waals surface area contributed by atoms with Crippen LogP contribution in [0.15, 0.2) is 46.8 Å². The average Bonchev–Trinajstić information content (AvgIpc) is 2.82. The minimum atomic E-state index is -0.924. The quantitative estimate of drug-likeness (QED) is 0.325. The van der Waals surface area contributed by atoms with Crippen molar-refractivity contribution < 1.29 is 28.6 Å². The highest BCUT2D eigenvalue weighted by Crippen LogP contribution is 2.47. The van der Waals surface area contributed by atoms with Gasteiger partial charge in [-0.1, -0.05) is 45.4 Å². The molecule has 0 bridgehead atoms. The molecule has 0 aromatic heterocycles. The van der Waals surface area contributed by atoms with Gasteiger partial charge in [0.05, 0.1) is 31.8 Å². The van der Waals surface area contributed by atoms with E-state index in [1.807, 2.05) is 45.0 Å². The van der Waals surface area contributed by atoms with Crippen LogP contribution >= 0.6 is 0 Å². The van der Waals surface area contributed by atoms with Gasteiger partial charge in [-0.15, -0.1) is 0 Å². The summed E-state index contributed by atoms with van der Waals surface area (Å²) in [6, 6.07) is 7.46. The van der Waals surface area contributed by atoms with Gasteiger partial charge >= 0.3 is 11.9 Å². The van der Waals surface area contributed by atoms with E-state index in [0.717, 1.165) is 18.5 Å². The Hall–Kier alpha value is -3.09. The van der Waals surface area contributed by atoms with Gasteiger partial charge in [0.1, 0.15) is 11.7 Å². The molecule has 34 heavy (non-hydrogen) atoms. The number of benzene rings is 1. The molecule has 0 saturated carbocycles. The fraction of sp³-hybridized carbons (Fsp3) is 0.519. The van der Waals surface area contributed by atoms with E-state index in [1.165, 1.54) is 7.11 Å². The molecule has 7 heteroatoms. The predicted octanol–water partition coefficient (Wildman–Crippen LogP) is 4.43. The molecule has 2 aliphatic rings. The van der Waals surface area contributed by atoms with Crippen molar-refractivity contribution in [2.45, 2.75) is 59.3 Å². The number of Topliss-reactive ketones (excluding diaryl/α,β-unsaturated/α-hetero) is 1. The van der Waals surface area contributed by atoms with Crippen LogP contribution in [-0.2, 0) is 23.9 Å². The van der Waals surface area contributed by atoms with Crippen molar-refractivity contribution in [2.24, 2.45) is 11.8 Å². The summed E-state index contributed by atoms with van der Waals surface area (Å²) in [6.45, 7) is 8.50. The normalized spacial score (nSPS) is 22.1. The maximum atomic E-state index is 13.8. The standard InChI is InChI=1S/C27H35NO6/c1-6-8-14-33-20-12-10-9-11-18(20)23-22(27(31)34-13-7-2)17(4)28-19-15-16(3)21(26(30)32-5)25(29)24(19)23/h9-12,16,21,23,28H,6-8,13-15H2,1-5H3/t16-,21+,23+/m0/s1. The van der Waals surface area contributed by atoms with Crippen molar-refractivity contribution >= 4 is 17.7 Å². The predicted molar refractivity (Wildman–Crippen MR) is 128 cm³/mol. The Labute approximate surface area is 201 Å². The molecule has 0 spiro atoms. The van der Waals surface area contributed by atoms with Crippen LogP contribution in [0.4, 0.5) is 0 Å². The van der Waals surface area contributed by atoms with E-state index < -0.39 is 23.8 Å². The first-order valence-electron chi connectivity index (χ1n) is 12.1. The van der Waals surface area contributed by atoms with E-state index in [1.54, 1.807) is 0 Å². The largest absolute Gasteiger partial charge is 0.493 e. The van der Waals surface area contributed by atoms with Crippen molar-refractivity contribution in [1.29, 1.82) is 0 Å². The van der Waals surface area contributed by atoms with E-state index >= 15 is 0 Å². The molecule has 184 valence electrons. The maximum absolute atomic E-state index is 13.8. The Balaban J connectivity index is 2.17. The lowest BCUT2D eigenvalue weighted by molar-refractivity contribution is -0.151. The molecule has 0 saturated heterocycles. The van der Waals surface area contributed by atoms with Gasteiger partial charge in [0.2, 0.25) is 0 Å². The van der Waals surface area contributed by atoms with Crippen molar-refractivity contribution in [2.75, 3.05) is 20.3 Å². The summed E-state index contributed by atoms with van der Waals surface area (Å²) < 4.78 is 16.6. The fourth-order valence-electron chi connectivity index (χ4n) is 4.71. The highest BCUT2D eigenvalue weighted by Gasteiger charge is 2.47. The average molecular weight is 470 g/mol. The molecule has 1 aromatic carbocycles. The second-order valence-corrected chi connectivity index (χ2v) is 8.91. The first-order chi connectivity index (χ1) is 16.3. The third kappa shape index (κ3) is 5.03. The molecular formula is C27H35NO6. The monoisotopic (exact) mass is 469 g/mol. The van der Waals surface area contributed by atoms with Crippen LogP contribution in [0.1, 0.15) is 64.9 Å². The molecule has 0 unspecified atom stereocenters. The van der Waals surface area contributed by atoms with Crippen molar-refractivity contribution in [3.63, 3.8) is 0 Å². The molecule has 3 atom stereocenters. The number of allylic oxidation sites excluding steroid dienone is 3. The fourth-order valence-corrected chi connectivity index (χ4v) is 4.71. The van der Waals surface area contributed by atoms with Crippen molar-refractivity contribution in [3.05, 3.63) is 52.4 Å². The minimum Gasteiger partial charge on any atom is -0.493 e. The van der Waals surface area contributed by atoms with Gasteiger partial charge in [-0.05, 0) is 38.2 Å². The van der Waals surface area contributed by atoms with Gasteiger partial charge in [-0.3, -0.25) is 9.59 Å². The topological polar surface area (TPSA) is 90.9 Å². The van der Waals surface area contributed by atoms with Crippen LogP contribution in [0.3, 0.4) is 0 Å². The summed E-state index contributed by atoms with van der Waals surface area (Å²) in [5.41, 5.74) is 2.86. The SMILES string of the molecule is CCCCOc1ccccc1[C@@H]1C(C(=O)OCCC)=C(C)NC2=C1C(=O)[C@H](C(=O)OC)[C@@H](C)C2. The van der Waals surface area contributed by atoms with Gasteiger partial charge in [-0.25, -0.2) is 4.79 Å². The Morgan fingerprint density at radius 2 is 1.85 bits per heavy atom. The summed E-state index contributed by atoms with van der Waals surface area (Å²) in [5.74, 6) is -2.61. The number of methoxy groups -OCH3 is 1. The summed E-state index contributed by atoms with van der Waals surface area (Å²) in [6.07, 6.45) is 3.04. The summed E-state index contributed by atoms with van der Waals surface area (Å²) in [5, 5.41) is 3.28. The van der Waals surface area contributed by atoms with E-state index in [2.05, 4.69) is 12.2 Å². The van der Waals surface area contributed by atoms with Crippen LogP contribution in [0.5, 0.6) is 5.75 Å². The van der Waals surface area contributed by atoms with Crippen LogP contribution in [0.2, 0.25) is 0 Å². The summed E-state index contributed by atoms with van der Waals surface area (Å²) >= 11 is 0. The number of carbonyl (C=O) groups is 3. The number of hydrogen-bond acceptors (Lipinski definition) is 7. The Morgan fingerprint density at radius 1 is 1.12 bits per heavy atom. The lowest BCUT2D eigenvalue weighted by atomic mass is 9.69. The molecule has 1 aliphatic carbocycles. The van der Waals surface area contributed by atoms with E-state index in [-0.39, 0.29) is 18.3 Å². The number of nitrogens with one attached hydrogen (secondary N) is 1. The number of dihydropyridines is 1.